The van der Waals surface area contributed by atoms with Crippen molar-refractivity contribution in [3.8, 4) is 17.2 Å². The van der Waals surface area contributed by atoms with E-state index in [-0.39, 0.29) is 23.0 Å². The summed E-state index contributed by atoms with van der Waals surface area (Å²) < 4.78 is 34.7. The summed E-state index contributed by atoms with van der Waals surface area (Å²) in [6, 6.07) is 16.9. The highest BCUT2D eigenvalue weighted by Gasteiger charge is 2.52. The lowest BCUT2D eigenvalue weighted by Crippen LogP contribution is -2.16. The van der Waals surface area contributed by atoms with Crippen LogP contribution in [-0.4, -0.2) is 37.3 Å². The molecule has 0 saturated heterocycles. The number of nitrogens with zero attached hydrogens (tertiary/aromatic N) is 2. The fourth-order valence-corrected chi connectivity index (χ4v) is 6.19. The third-order valence-corrected chi connectivity index (χ3v) is 9.12. The second-order valence-corrected chi connectivity index (χ2v) is 12.4. The molecule has 8 nitrogen and oxygen atoms in total. The lowest BCUT2D eigenvalue weighted by atomic mass is 9.94. The molecule has 1 aliphatic carbocycles. The van der Waals surface area contributed by atoms with Crippen molar-refractivity contribution >= 4 is 44.6 Å². The summed E-state index contributed by atoms with van der Waals surface area (Å²) in [7, 11) is -1.70. The van der Waals surface area contributed by atoms with E-state index in [4.69, 9.17) is 32.5 Å². The van der Waals surface area contributed by atoms with Crippen molar-refractivity contribution in [1.82, 2.24) is 10.1 Å². The first-order valence-electron chi connectivity index (χ1n) is 12.2. The monoisotopic (exact) mass is 585 g/mol. The maximum Gasteiger partial charge on any atom is 0.257 e. The number of methoxy groups -OCH3 is 1. The summed E-state index contributed by atoms with van der Waals surface area (Å²) in [6.45, 7) is 1.59. The highest BCUT2D eigenvalue weighted by molar-refractivity contribution is 7.91. The minimum Gasteiger partial charge on any atom is -0.497 e. The number of rotatable bonds is 9. The standard InChI is InChI=1S/C28H25Cl2N3O5S/c1-3-39(35,36)21-10-4-17(5-11-21)14-24(34)31-19-15-22(29)25(23(30)16-19)28(12-13-28)27-32-26(38-33-27)18-6-8-20(37-2)9-7-18/h4-11,15-16H,3,12-14H2,1-2H3,(H,31,34). The molecule has 1 heterocycles. The fraction of sp³-hybridized carbons (Fsp3) is 0.250. The number of hydrogen-bond acceptors (Lipinski definition) is 7. The molecular formula is C28H25Cl2N3O5S. The van der Waals surface area contributed by atoms with E-state index in [1.54, 1.807) is 38.3 Å². The zero-order chi connectivity index (χ0) is 27.8. The Morgan fingerprint density at radius 2 is 1.69 bits per heavy atom. The highest BCUT2D eigenvalue weighted by Crippen LogP contribution is 2.57. The molecular weight excluding hydrogens is 561 g/mol. The Kier molecular flexibility index (Phi) is 7.41. The number of carbonyl (C=O) groups is 1. The average Bonchev–Trinajstić information content (AvgIpc) is 3.54. The molecule has 1 saturated carbocycles. The van der Waals surface area contributed by atoms with Gasteiger partial charge in [0, 0.05) is 26.9 Å². The van der Waals surface area contributed by atoms with Crippen LogP contribution in [-0.2, 0) is 26.5 Å². The lowest BCUT2D eigenvalue weighted by Gasteiger charge is -2.17. The highest BCUT2D eigenvalue weighted by atomic mass is 35.5. The first kappa shape index (κ1) is 27.2. The van der Waals surface area contributed by atoms with Crippen LogP contribution in [0.15, 0.2) is 70.1 Å². The number of hydrogen-bond donors (Lipinski definition) is 1. The molecule has 0 radical (unpaired) electrons. The van der Waals surface area contributed by atoms with Gasteiger partial charge in [0.05, 0.1) is 29.6 Å². The number of carbonyl (C=O) groups excluding carboxylic acids is 1. The number of ether oxygens (including phenoxy) is 1. The maximum atomic E-state index is 12.7. The van der Waals surface area contributed by atoms with E-state index in [9.17, 15) is 13.2 Å². The van der Waals surface area contributed by atoms with Crippen molar-refractivity contribution < 1.29 is 22.5 Å². The predicted molar refractivity (Wildman–Crippen MR) is 149 cm³/mol. The number of amides is 1. The molecule has 4 aromatic rings. The Bertz CT molecular complexity index is 1610. The number of benzene rings is 3. The van der Waals surface area contributed by atoms with Crippen LogP contribution in [0.1, 0.15) is 36.7 Å². The normalized spacial score (nSPS) is 14.2. The quantitative estimate of drug-likeness (QED) is 0.252. The van der Waals surface area contributed by atoms with Crippen LogP contribution in [0.5, 0.6) is 5.75 Å². The van der Waals surface area contributed by atoms with Crippen molar-refractivity contribution in [1.29, 1.82) is 0 Å². The Labute approximate surface area is 236 Å². The van der Waals surface area contributed by atoms with E-state index in [2.05, 4.69) is 15.5 Å². The molecule has 3 aromatic carbocycles. The van der Waals surface area contributed by atoms with Crippen LogP contribution in [0.3, 0.4) is 0 Å². The zero-order valence-electron chi connectivity index (χ0n) is 21.2. The van der Waals surface area contributed by atoms with Gasteiger partial charge in [0.1, 0.15) is 5.75 Å². The lowest BCUT2D eigenvalue weighted by molar-refractivity contribution is -0.115. The van der Waals surface area contributed by atoms with Crippen LogP contribution in [0.4, 0.5) is 5.69 Å². The van der Waals surface area contributed by atoms with Crippen LogP contribution < -0.4 is 10.1 Å². The van der Waals surface area contributed by atoms with Gasteiger partial charge in [-0.2, -0.15) is 4.98 Å². The van der Waals surface area contributed by atoms with Gasteiger partial charge >= 0.3 is 0 Å². The van der Waals surface area contributed by atoms with Crippen molar-refractivity contribution in [3.05, 3.63) is 87.7 Å². The predicted octanol–water partition coefficient (Wildman–Crippen LogP) is 6.11. The van der Waals surface area contributed by atoms with E-state index in [1.165, 1.54) is 12.1 Å². The smallest absolute Gasteiger partial charge is 0.257 e. The van der Waals surface area contributed by atoms with Crippen molar-refractivity contribution in [3.63, 3.8) is 0 Å². The largest absolute Gasteiger partial charge is 0.497 e. The summed E-state index contributed by atoms with van der Waals surface area (Å²) in [5, 5.41) is 7.82. The van der Waals surface area contributed by atoms with Gasteiger partial charge in [-0.15, -0.1) is 0 Å². The SMILES string of the molecule is CCS(=O)(=O)c1ccc(CC(=O)Nc2cc(Cl)c(C3(c4noc(-c5ccc(OC)cc5)n4)CC3)c(Cl)c2)cc1. The molecule has 0 spiro atoms. The molecule has 1 fully saturated rings. The first-order chi connectivity index (χ1) is 18.6. The van der Waals surface area contributed by atoms with Gasteiger partial charge in [0.15, 0.2) is 15.7 Å². The molecule has 5 rings (SSSR count). The molecule has 1 aliphatic rings. The number of nitrogens with one attached hydrogen (secondary N) is 1. The summed E-state index contributed by atoms with van der Waals surface area (Å²) in [6.07, 6.45) is 1.57. The van der Waals surface area contributed by atoms with E-state index in [0.29, 0.717) is 38.6 Å². The van der Waals surface area contributed by atoms with Gasteiger partial charge in [0.2, 0.25) is 5.91 Å². The Morgan fingerprint density at radius 3 is 2.26 bits per heavy atom. The molecule has 1 aromatic heterocycles. The third-order valence-electron chi connectivity index (χ3n) is 6.77. The van der Waals surface area contributed by atoms with Crippen LogP contribution in [0.25, 0.3) is 11.5 Å². The maximum absolute atomic E-state index is 12.7. The third kappa shape index (κ3) is 5.52. The molecule has 202 valence electrons. The van der Waals surface area contributed by atoms with Crippen molar-refractivity contribution in [2.24, 2.45) is 0 Å². The Hall–Kier alpha value is -3.40. The van der Waals surface area contributed by atoms with Gasteiger partial charge < -0.3 is 14.6 Å². The average molecular weight is 586 g/mol. The number of aromatic nitrogens is 2. The Balaban J connectivity index is 1.31. The molecule has 0 atom stereocenters. The molecule has 39 heavy (non-hydrogen) atoms. The van der Waals surface area contributed by atoms with Gasteiger partial charge in [-0.3, -0.25) is 4.79 Å². The summed E-state index contributed by atoms with van der Waals surface area (Å²) >= 11 is 13.4. The number of halogens is 2. The van der Waals surface area contributed by atoms with E-state index in [1.807, 2.05) is 24.3 Å². The zero-order valence-corrected chi connectivity index (χ0v) is 23.5. The number of sulfone groups is 1. The minimum absolute atomic E-state index is 0.0161. The van der Waals surface area contributed by atoms with Gasteiger partial charge in [-0.05, 0) is 66.9 Å². The van der Waals surface area contributed by atoms with Crippen LogP contribution >= 0.6 is 23.2 Å². The molecule has 0 unspecified atom stereocenters. The second kappa shape index (κ2) is 10.6. The van der Waals surface area contributed by atoms with Crippen molar-refractivity contribution in [2.75, 3.05) is 18.2 Å². The van der Waals surface area contributed by atoms with E-state index in [0.717, 1.165) is 24.2 Å². The Morgan fingerprint density at radius 1 is 1.05 bits per heavy atom. The van der Waals surface area contributed by atoms with Crippen LogP contribution in [0, 0.1) is 0 Å². The van der Waals surface area contributed by atoms with Gasteiger partial charge in [-0.1, -0.05) is 47.4 Å². The van der Waals surface area contributed by atoms with E-state index >= 15 is 0 Å². The van der Waals surface area contributed by atoms with Crippen molar-refractivity contribution in [2.45, 2.75) is 36.5 Å². The summed E-state index contributed by atoms with van der Waals surface area (Å²) in [5.41, 5.74) is 2.02. The number of anilines is 1. The van der Waals surface area contributed by atoms with E-state index < -0.39 is 15.3 Å². The molecule has 0 aliphatic heterocycles. The van der Waals surface area contributed by atoms with Gasteiger partial charge in [-0.25, -0.2) is 8.42 Å². The summed E-state index contributed by atoms with van der Waals surface area (Å²) in [4.78, 5) is 17.5. The molecule has 1 N–H and O–H groups in total. The van der Waals surface area contributed by atoms with Crippen LogP contribution in [0.2, 0.25) is 10.0 Å². The molecule has 1 amide bonds. The fourth-order valence-electron chi connectivity index (χ4n) is 4.45. The second-order valence-electron chi connectivity index (χ2n) is 9.32. The molecule has 11 heteroatoms. The summed E-state index contributed by atoms with van der Waals surface area (Å²) in [5.74, 6) is 1.34. The topological polar surface area (TPSA) is 111 Å². The minimum atomic E-state index is -3.30. The first-order valence-corrected chi connectivity index (χ1v) is 14.7. The molecule has 0 bridgehead atoms. The van der Waals surface area contributed by atoms with Gasteiger partial charge in [0.25, 0.3) is 5.89 Å².